The first kappa shape index (κ1) is 30.3. The van der Waals surface area contributed by atoms with Crippen LogP contribution in [0.4, 0.5) is 11.4 Å². The van der Waals surface area contributed by atoms with Gasteiger partial charge in [-0.2, -0.15) is 4.31 Å². The van der Waals surface area contributed by atoms with E-state index in [1.165, 1.54) is 41.7 Å². The van der Waals surface area contributed by atoms with E-state index >= 15 is 0 Å². The fourth-order valence-corrected chi connectivity index (χ4v) is 7.08. The molecule has 1 N–H and O–H groups in total. The van der Waals surface area contributed by atoms with Gasteiger partial charge in [0.15, 0.2) is 0 Å². The molecule has 0 unspecified atom stereocenters. The van der Waals surface area contributed by atoms with Crippen molar-refractivity contribution in [3.8, 4) is 11.5 Å². The first-order valence-electron chi connectivity index (χ1n) is 12.9. The molecule has 1 saturated heterocycles. The zero-order valence-electron chi connectivity index (χ0n) is 23.1. The third kappa shape index (κ3) is 6.99. The third-order valence-electron chi connectivity index (χ3n) is 6.38. The van der Waals surface area contributed by atoms with Gasteiger partial charge in [0.1, 0.15) is 18.0 Å². The summed E-state index contributed by atoms with van der Waals surface area (Å²) in [7, 11) is -6.64. The average molecular weight is 604 g/mol. The van der Waals surface area contributed by atoms with Crippen LogP contribution in [0.5, 0.6) is 11.5 Å². The SMILES string of the molecule is CCOc1ccc(S(=O)(=O)N(CC(=O)Nc2cc(S(=O)(=O)N3CCOCC3)ccc2OC)c2ccc(C)cc2)cc1. The molecule has 13 heteroatoms. The second-order valence-corrected chi connectivity index (χ2v) is 13.0. The zero-order chi connectivity index (χ0) is 29.6. The number of ether oxygens (including phenoxy) is 3. The number of hydrogen-bond acceptors (Lipinski definition) is 8. The molecule has 3 aromatic rings. The van der Waals surface area contributed by atoms with Gasteiger partial charge in [-0.1, -0.05) is 17.7 Å². The molecular weight excluding hydrogens is 570 g/mol. The Bertz CT molecular complexity index is 1570. The quantitative estimate of drug-likeness (QED) is 0.353. The van der Waals surface area contributed by atoms with Crippen molar-refractivity contribution < 1.29 is 35.8 Å². The molecule has 0 saturated carbocycles. The minimum absolute atomic E-state index is 0.0227. The van der Waals surface area contributed by atoms with Crippen LogP contribution in [0.25, 0.3) is 0 Å². The van der Waals surface area contributed by atoms with Crippen molar-refractivity contribution >= 4 is 37.3 Å². The normalized spacial score (nSPS) is 14.3. The van der Waals surface area contributed by atoms with Crippen molar-refractivity contribution in [2.45, 2.75) is 23.6 Å². The third-order valence-corrected chi connectivity index (χ3v) is 10.1. The van der Waals surface area contributed by atoms with Gasteiger partial charge in [0.05, 0.1) is 48.1 Å². The molecule has 41 heavy (non-hydrogen) atoms. The maximum Gasteiger partial charge on any atom is 0.264 e. The number of sulfonamides is 2. The van der Waals surface area contributed by atoms with Crippen LogP contribution in [-0.2, 0) is 29.6 Å². The van der Waals surface area contributed by atoms with Crippen molar-refractivity contribution in [3.05, 3.63) is 72.3 Å². The molecule has 4 rings (SSSR count). The van der Waals surface area contributed by atoms with Crippen molar-refractivity contribution in [2.24, 2.45) is 0 Å². The Hall–Kier alpha value is -3.65. The molecule has 0 radical (unpaired) electrons. The number of carbonyl (C=O) groups is 1. The summed E-state index contributed by atoms with van der Waals surface area (Å²) in [6.07, 6.45) is 0. The zero-order valence-corrected chi connectivity index (χ0v) is 24.7. The highest BCUT2D eigenvalue weighted by molar-refractivity contribution is 7.92. The molecule has 0 bridgehead atoms. The topological polar surface area (TPSA) is 132 Å². The van der Waals surface area contributed by atoms with Gasteiger partial charge in [-0.05, 0) is 68.4 Å². The van der Waals surface area contributed by atoms with E-state index in [9.17, 15) is 21.6 Å². The van der Waals surface area contributed by atoms with Gasteiger partial charge in [0.25, 0.3) is 10.0 Å². The monoisotopic (exact) mass is 603 g/mol. The minimum atomic E-state index is -4.18. The lowest BCUT2D eigenvalue weighted by molar-refractivity contribution is -0.114. The molecule has 0 aliphatic carbocycles. The minimum Gasteiger partial charge on any atom is -0.495 e. The smallest absolute Gasteiger partial charge is 0.264 e. The van der Waals surface area contributed by atoms with Crippen LogP contribution in [-0.4, -0.2) is 73.6 Å². The molecule has 1 aliphatic rings. The maximum absolute atomic E-state index is 13.7. The highest BCUT2D eigenvalue weighted by Crippen LogP contribution is 2.30. The summed E-state index contributed by atoms with van der Waals surface area (Å²) < 4.78 is 72.2. The van der Waals surface area contributed by atoms with Gasteiger partial charge in [-0.25, -0.2) is 16.8 Å². The number of nitrogens with one attached hydrogen (secondary N) is 1. The Balaban J connectivity index is 1.64. The second-order valence-electron chi connectivity index (χ2n) is 9.18. The largest absolute Gasteiger partial charge is 0.495 e. The molecule has 11 nitrogen and oxygen atoms in total. The van der Waals surface area contributed by atoms with Crippen LogP contribution in [0.15, 0.2) is 76.5 Å². The molecule has 3 aromatic carbocycles. The summed E-state index contributed by atoms with van der Waals surface area (Å²) in [6, 6.07) is 16.8. The number of methoxy groups -OCH3 is 1. The fraction of sp³-hybridized carbons (Fsp3) is 0.321. The van der Waals surface area contributed by atoms with Crippen LogP contribution in [0.3, 0.4) is 0 Å². The number of hydrogen-bond donors (Lipinski definition) is 1. The highest BCUT2D eigenvalue weighted by Gasteiger charge is 2.29. The van der Waals surface area contributed by atoms with E-state index in [4.69, 9.17) is 14.2 Å². The van der Waals surface area contributed by atoms with E-state index in [0.717, 1.165) is 9.87 Å². The lowest BCUT2D eigenvalue weighted by Gasteiger charge is -2.26. The highest BCUT2D eigenvalue weighted by atomic mass is 32.2. The van der Waals surface area contributed by atoms with Gasteiger partial charge < -0.3 is 19.5 Å². The number of amides is 1. The number of benzene rings is 3. The molecule has 1 fully saturated rings. The van der Waals surface area contributed by atoms with E-state index < -0.39 is 32.5 Å². The fourth-order valence-electron chi connectivity index (χ4n) is 4.23. The molecule has 1 aliphatic heterocycles. The number of nitrogens with zero attached hydrogens (tertiary/aromatic N) is 2. The van der Waals surface area contributed by atoms with E-state index in [1.807, 2.05) is 13.8 Å². The molecule has 0 spiro atoms. The van der Waals surface area contributed by atoms with E-state index in [-0.39, 0.29) is 53.2 Å². The number of morpholine rings is 1. The van der Waals surface area contributed by atoms with Gasteiger partial charge in [-0.3, -0.25) is 9.10 Å². The van der Waals surface area contributed by atoms with Crippen LogP contribution in [0.2, 0.25) is 0 Å². The van der Waals surface area contributed by atoms with Crippen LogP contribution in [0.1, 0.15) is 12.5 Å². The van der Waals surface area contributed by atoms with Crippen molar-refractivity contribution in [2.75, 3.05) is 56.2 Å². The Kier molecular flexibility index (Phi) is 9.53. The Morgan fingerprint density at radius 1 is 0.951 bits per heavy atom. The van der Waals surface area contributed by atoms with Gasteiger partial charge >= 0.3 is 0 Å². The lowest BCUT2D eigenvalue weighted by Crippen LogP contribution is -2.40. The van der Waals surface area contributed by atoms with E-state index in [0.29, 0.717) is 12.4 Å². The van der Waals surface area contributed by atoms with Crippen molar-refractivity contribution in [1.82, 2.24) is 4.31 Å². The Morgan fingerprint density at radius 3 is 2.20 bits per heavy atom. The van der Waals surface area contributed by atoms with Crippen LogP contribution < -0.4 is 19.1 Å². The van der Waals surface area contributed by atoms with Crippen molar-refractivity contribution in [3.63, 3.8) is 0 Å². The predicted octanol–water partition coefficient (Wildman–Crippen LogP) is 3.26. The number of rotatable bonds is 11. The number of anilines is 2. The Labute approximate surface area is 240 Å². The summed E-state index contributed by atoms with van der Waals surface area (Å²) in [5, 5.41) is 2.64. The van der Waals surface area contributed by atoms with E-state index in [1.54, 1.807) is 36.4 Å². The average Bonchev–Trinajstić information content (AvgIpc) is 2.97. The number of aryl methyl sites for hydroxylation is 1. The van der Waals surface area contributed by atoms with Gasteiger partial charge in [0, 0.05) is 13.1 Å². The predicted molar refractivity (Wildman–Crippen MR) is 155 cm³/mol. The first-order chi connectivity index (χ1) is 19.6. The van der Waals surface area contributed by atoms with Gasteiger partial charge in [0.2, 0.25) is 15.9 Å². The maximum atomic E-state index is 13.7. The van der Waals surface area contributed by atoms with E-state index in [2.05, 4.69) is 5.32 Å². The Morgan fingerprint density at radius 2 is 1.59 bits per heavy atom. The molecule has 0 atom stereocenters. The molecule has 1 amide bonds. The van der Waals surface area contributed by atoms with Crippen LogP contribution >= 0.6 is 0 Å². The van der Waals surface area contributed by atoms with Gasteiger partial charge in [-0.15, -0.1) is 0 Å². The molecule has 220 valence electrons. The summed E-state index contributed by atoms with van der Waals surface area (Å²) >= 11 is 0. The summed E-state index contributed by atoms with van der Waals surface area (Å²) in [4.78, 5) is 13.3. The summed E-state index contributed by atoms with van der Waals surface area (Å²) in [5.41, 5.74) is 1.30. The summed E-state index contributed by atoms with van der Waals surface area (Å²) in [6.45, 7) is 4.54. The molecule has 1 heterocycles. The van der Waals surface area contributed by atoms with Crippen molar-refractivity contribution in [1.29, 1.82) is 0 Å². The standard InChI is InChI=1S/C28H33N3O8S2/c1-4-39-23-9-11-24(12-10-23)41(35,36)31(22-7-5-21(2)6-8-22)20-28(32)29-26-19-25(13-14-27(26)37-3)40(33,34)30-15-17-38-18-16-30/h5-14,19H,4,15-18,20H2,1-3H3,(H,29,32). The summed E-state index contributed by atoms with van der Waals surface area (Å²) in [5.74, 6) is 0.0416. The molecule has 0 aromatic heterocycles. The lowest BCUT2D eigenvalue weighted by atomic mass is 10.2. The first-order valence-corrected chi connectivity index (χ1v) is 15.8. The number of carbonyl (C=O) groups excluding carboxylic acids is 1. The van der Waals surface area contributed by atoms with Crippen LogP contribution in [0, 0.1) is 6.92 Å². The second kappa shape index (κ2) is 12.9. The molecular formula is C28H33N3O8S2.